The van der Waals surface area contributed by atoms with Gasteiger partial charge in [-0.3, -0.25) is 0 Å². The first-order chi connectivity index (χ1) is 9.72. The summed E-state index contributed by atoms with van der Waals surface area (Å²) in [5, 5.41) is 0. The van der Waals surface area contributed by atoms with Crippen molar-refractivity contribution in [3.05, 3.63) is 0 Å². The van der Waals surface area contributed by atoms with Crippen molar-refractivity contribution in [1.82, 2.24) is 0 Å². The summed E-state index contributed by atoms with van der Waals surface area (Å²) in [5.41, 5.74) is 0. The van der Waals surface area contributed by atoms with Crippen molar-refractivity contribution in [3.8, 4) is 0 Å². The largest absolute Gasteiger partial charge is 0.458 e. The molecule has 0 aliphatic heterocycles. The first-order valence-corrected chi connectivity index (χ1v) is 12.0. The Hall–Kier alpha value is 0.570. The molecule has 0 aliphatic carbocycles. The summed E-state index contributed by atoms with van der Waals surface area (Å²) in [6.07, 6.45) is 15.5. The molecule has 0 spiro atoms. The SMILES string of the molecule is CCCCCCCCS(CCCCCCCC)=[P+](O)O. The van der Waals surface area contributed by atoms with E-state index in [0.717, 1.165) is 11.5 Å². The fourth-order valence-corrected chi connectivity index (χ4v) is 5.72. The van der Waals surface area contributed by atoms with Gasteiger partial charge in [-0.25, -0.2) is 0 Å². The van der Waals surface area contributed by atoms with Gasteiger partial charge >= 0.3 is 7.15 Å². The molecular formula is C16H36O2PS+. The molecule has 0 unspecified atom stereocenters. The molecule has 0 aromatic carbocycles. The van der Waals surface area contributed by atoms with Crippen molar-refractivity contribution in [1.29, 1.82) is 0 Å². The van der Waals surface area contributed by atoms with E-state index in [9.17, 15) is 9.79 Å². The first kappa shape index (κ1) is 20.6. The van der Waals surface area contributed by atoms with Gasteiger partial charge in [-0.05, 0) is 12.8 Å². The lowest BCUT2D eigenvalue weighted by Gasteiger charge is -2.03. The Labute approximate surface area is 129 Å². The van der Waals surface area contributed by atoms with Gasteiger partial charge in [-0.1, -0.05) is 78.1 Å². The van der Waals surface area contributed by atoms with Gasteiger partial charge < -0.3 is 0 Å². The highest BCUT2D eigenvalue weighted by molar-refractivity contribution is 8.23. The smallest absolute Gasteiger partial charge is 0.162 e. The predicted molar refractivity (Wildman–Crippen MR) is 95.2 cm³/mol. The molecule has 0 saturated heterocycles. The molecule has 122 valence electrons. The van der Waals surface area contributed by atoms with Crippen LogP contribution >= 0.6 is 7.15 Å². The van der Waals surface area contributed by atoms with E-state index in [1.807, 2.05) is 0 Å². The van der Waals surface area contributed by atoms with Crippen LogP contribution in [0.1, 0.15) is 90.9 Å². The van der Waals surface area contributed by atoms with E-state index in [1.54, 1.807) is 0 Å². The summed E-state index contributed by atoms with van der Waals surface area (Å²) < 4.78 is 0. The van der Waals surface area contributed by atoms with E-state index < -0.39 is 7.15 Å². The van der Waals surface area contributed by atoms with Crippen LogP contribution in [0.5, 0.6) is 0 Å². The van der Waals surface area contributed by atoms with Gasteiger partial charge in [0, 0.05) is 21.6 Å². The molecule has 0 atom stereocenters. The Balaban J connectivity index is 3.60. The van der Waals surface area contributed by atoms with Crippen molar-refractivity contribution in [2.24, 2.45) is 0 Å². The fourth-order valence-electron chi connectivity index (χ4n) is 2.36. The zero-order valence-electron chi connectivity index (χ0n) is 13.6. The third-order valence-corrected chi connectivity index (χ3v) is 8.16. The van der Waals surface area contributed by atoms with Crippen molar-refractivity contribution in [2.45, 2.75) is 90.9 Å². The van der Waals surface area contributed by atoms with Crippen LogP contribution in [-0.4, -0.2) is 21.3 Å². The van der Waals surface area contributed by atoms with Crippen LogP contribution in [0.2, 0.25) is 0 Å². The molecule has 0 aromatic heterocycles. The average molecular weight is 324 g/mol. The third kappa shape index (κ3) is 13.5. The second kappa shape index (κ2) is 15.9. The lowest BCUT2D eigenvalue weighted by atomic mass is 10.1. The zero-order valence-corrected chi connectivity index (χ0v) is 15.4. The fraction of sp³-hybridized carbons (Fsp3) is 1.00. The summed E-state index contributed by atoms with van der Waals surface area (Å²) >= 11 is 0. The quantitative estimate of drug-likeness (QED) is 0.325. The van der Waals surface area contributed by atoms with Gasteiger partial charge in [-0.2, -0.15) is 9.79 Å². The molecule has 2 N–H and O–H groups in total. The van der Waals surface area contributed by atoms with Crippen molar-refractivity contribution in [3.63, 3.8) is 0 Å². The first-order valence-electron chi connectivity index (χ1n) is 8.57. The Morgan fingerprint density at radius 2 is 0.950 bits per heavy atom. The van der Waals surface area contributed by atoms with Crippen molar-refractivity contribution in [2.75, 3.05) is 11.5 Å². The standard InChI is InChI=1S/C16H36O2PS/c1-3-5-7-9-11-13-15-20(19(17)18)16-14-12-10-8-6-4-2/h17-18H,3-16H2,1-2H3/q+1. The molecule has 0 fully saturated rings. The number of hydrogen-bond donors (Lipinski definition) is 2. The maximum Gasteiger partial charge on any atom is 0.458 e. The summed E-state index contributed by atoms with van der Waals surface area (Å²) in [4.78, 5) is 19.1. The van der Waals surface area contributed by atoms with Gasteiger partial charge in [0.2, 0.25) is 0 Å². The number of rotatable bonds is 14. The molecule has 0 rings (SSSR count). The lowest BCUT2D eigenvalue weighted by molar-refractivity contribution is 0.508. The summed E-state index contributed by atoms with van der Waals surface area (Å²) in [5.74, 6) is 2.08. The Kier molecular flexibility index (Phi) is 16.4. The van der Waals surface area contributed by atoms with Gasteiger partial charge in [0.25, 0.3) is 0 Å². The Bertz CT molecular complexity index is 223. The molecule has 0 aliphatic rings. The van der Waals surface area contributed by atoms with E-state index in [4.69, 9.17) is 0 Å². The van der Waals surface area contributed by atoms with Crippen LogP contribution in [0.3, 0.4) is 0 Å². The van der Waals surface area contributed by atoms with E-state index in [2.05, 4.69) is 13.8 Å². The monoisotopic (exact) mass is 323 g/mol. The average Bonchev–Trinajstić information content (AvgIpc) is 2.43. The molecule has 0 heterocycles. The highest BCUT2D eigenvalue weighted by atomic mass is 32.5. The topological polar surface area (TPSA) is 40.5 Å². The van der Waals surface area contributed by atoms with Crippen LogP contribution in [0.15, 0.2) is 0 Å². The Morgan fingerprint density at radius 1 is 0.600 bits per heavy atom. The van der Waals surface area contributed by atoms with Gasteiger partial charge in [0.05, 0.1) is 0 Å². The molecule has 20 heavy (non-hydrogen) atoms. The summed E-state index contributed by atoms with van der Waals surface area (Å²) in [6, 6.07) is 0. The molecule has 0 aromatic rings. The minimum Gasteiger partial charge on any atom is -0.162 e. The highest BCUT2D eigenvalue weighted by Gasteiger charge is 2.12. The maximum atomic E-state index is 9.53. The minimum absolute atomic E-state index is 0.115. The number of unbranched alkanes of at least 4 members (excludes halogenated alkanes) is 10. The molecule has 2 nitrogen and oxygen atoms in total. The zero-order chi connectivity index (χ0) is 15.1. The van der Waals surface area contributed by atoms with E-state index >= 15 is 0 Å². The van der Waals surface area contributed by atoms with Gasteiger partial charge in [-0.15, -0.1) is 0 Å². The summed E-state index contributed by atoms with van der Waals surface area (Å²) in [7, 11) is -1.81. The predicted octanol–water partition coefficient (Wildman–Crippen LogP) is 5.54. The van der Waals surface area contributed by atoms with E-state index in [1.165, 1.54) is 77.0 Å². The van der Waals surface area contributed by atoms with Crippen LogP contribution < -0.4 is 0 Å². The molecular weight excluding hydrogens is 287 g/mol. The molecule has 4 heteroatoms. The normalized spacial score (nSPS) is 11.2. The van der Waals surface area contributed by atoms with Crippen molar-refractivity contribution >= 4 is 17.2 Å². The third-order valence-electron chi connectivity index (χ3n) is 3.70. The molecule has 0 bridgehead atoms. The van der Waals surface area contributed by atoms with Crippen LogP contribution in [-0.2, 0) is 10.1 Å². The van der Waals surface area contributed by atoms with Crippen LogP contribution in [0, 0.1) is 0 Å². The minimum atomic E-state index is -1.69. The lowest BCUT2D eigenvalue weighted by Crippen LogP contribution is -2.02. The van der Waals surface area contributed by atoms with Gasteiger partial charge in [0.15, 0.2) is 0 Å². The second-order valence-electron chi connectivity index (χ2n) is 5.66. The van der Waals surface area contributed by atoms with Crippen LogP contribution in [0.4, 0.5) is 0 Å². The number of hydrogen-bond acceptors (Lipinski definition) is 0. The molecule has 0 saturated carbocycles. The van der Waals surface area contributed by atoms with E-state index in [0.29, 0.717) is 0 Å². The molecule has 0 amide bonds. The summed E-state index contributed by atoms with van der Waals surface area (Å²) in [6.45, 7) is 4.48. The van der Waals surface area contributed by atoms with Gasteiger partial charge in [0.1, 0.15) is 0 Å². The maximum absolute atomic E-state index is 9.53. The van der Waals surface area contributed by atoms with Crippen molar-refractivity contribution < 1.29 is 9.79 Å². The Morgan fingerprint density at radius 3 is 1.30 bits per heavy atom. The van der Waals surface area contributed by atoms with Crippen LogP contribution in [0.25, 0.3) is 0 Å². The second-order valence-corrected chi connectivity index (χ2v) is 10.4. The molecule has 0 radical (unpaired) electrons. The highest BCUT2D eigenvalue weighted by Crippen LogP contribution is 2.20. The van der Waals surface area contributed by atoms with E-state index in [-0.39, 0.29) is 10.1 Å².